The van der Waals surface area contributed by atoms with E-state index in [-0.39, 0.29) is 12.4 Å². The Hall–Kier alpha value is -2.54. The summed E-state index contributed by atoms with van der Waals surface area (Å²) in [4.78, 5) is 19.2. The molecule has 2 aromatic heterocycles. The Bertz CT molecular complexity index is 1140. The van der Waals surface area contributed by atoms with Crippen LogP contribution in [0.2, 0.25) is 0 Å². The van der Waals surface area contributed by atoms with Crippen molar-refractivity contribution >= 4 is 23.0 Å². The number of aromatic nitrogens is 3. The summed E-state index contributed by atoms with van der Waals surface area (Å²) in [7, 11) is 0. The lowest BCUT2D eigenvalue weighted by molar-refractivity contribution is -0.155. The predicted molar refractivity (Wildman–Crippen MR) is 124 cm³/mol. The average molecular weight is 439 g/mol. The second-order valence-corrected chi connectivity index (χ2v) is 10.6. The average Bonchev–Trinajstić information content (AvgIpc) is 3.14. The van der Waals surface area contributed by atoms with Gasteiger partial charge in [0.15, 0.2) is 5.82 Å². The van der Waals surface area contributed by atoms with Gasteiger partial charge in [-0.3, -0.25) is 14.4 Å². The zero-order chi connectivity index (χ0) is 22.5. The molecule has 1 atom stereocenters. The maximum atomic E-state index is 12.7. The Labute approximate surface area is 187 Å². The molecule has 0 radical (unpaired) electrons. The smallest absolute Gasteiger partial charge is 0.308 e. The van der Waals surface area contributed by atoms with Crippen molar-refractivity contribution in [2.45, 2.75) is 79.4 Å². The SMILES string of the molecule is CC1=CC=C(C2=N[C@@H](CC(=O)OC(C)(C)C)c3nnc(C)n3-c3sc(C)c(C)c32)CC1. The highest BCUT2D eigenvalue weighted by molar-refractivity contribution is 7.15. The van der Waals surface area contributed by atoms with E-state index < -0.39 is 11.6 Å². The Morgan fingerprint density at radius 2 is 1.90 bits per heavy atom. The lowest BCUT2D eigenvalue weighted by Gasteiger charge is -2.21. The summed E-state index contributed by atoms with van der Waals surface area (Å²) in [5.41, 5.74) is 5.37. The van der Waals surface area contributed by atoms with Gasteiger partial charge in [-0.1, -0.05) is 17.7 Å². The highest BCUT2D eigenvalue weighted by Crippen LogP contribution is 2.40. The number of esters is 1. The van der Waals surface area contributed by atoms with Gasteiger partial charge >= 0.3 is 5.97 Å². The summed E-state index contributed by atoms with van der Waals surface area (Å²) in [6, 6.07) is -0.446. The minimum atomic E-state index is -0.543. The van der Waals surface area contributed by atoms with Gasteiger partial charge in [-0.15, -0.1) is 21.5 Å². The fraction of sp³-hybridized carbons (Fsp3) is 0.500. The second kappa shape index (κ2) is 7.86. The molecule has 0 saturated carbocycles. The maximum Gasteiger partial charge on any atom is 0.308 e. The summed E-state index contributed by atoms with van der Waals surface area (Å²) in [5.74, 6) is 1.22. The number of aryl methyl sites for hydroxylation is 2. The van der Waals surface area contributed by atoms with Gasteiger partial charge in [0.1, 0.15) is 22.5 Å². The van der Waals surface area contributed by atoms with Crippen molar-refractivity contribution < 1.29 is 9.53 Å². The molecular weight excluding hydrogens is 408 g/mol. The van der Waals surface area contributed by atoms with E-state index in [9.17, 15) is 4.79 Å². The summed E-state index contributed by atoms with van der Waals surface area (Å²) < 4.78 is 7.69. The molecule has 4 rings (SSSR count). The van der Waals surface area contributed by atoms with Crippen LogP contribution in [0.5, 0.6) is 0 Å². The molecule has 0 N–H and O–H groups in total. The molecule has 2 aliphatic rings. The zero-order valence-electron chi connectivity index (χ0n) is 19.4. The number of ether oxygens (including phenoxy) is 1. The Morgan fingerprint density at radius 1 is 1.16 bits per heavy atom. The quantitative estimate of drug-likeness (QED) is 0.594. The molecule has 0 spiro atoms. The fourth-order valence-electron chi connectivity index (χ4n) is 4.03. The minimum Gasteiger partial charge on any atom is -0.460 e. The molecule has 1 aliphatic carbocycles. The van der Waals surface area contributed by atoms with E-state index in [1.54, 1.807) is 11.3 Å². The van der Waals surface area contributed by atoms with Gasteiger partial charge < -0.3 is 4.74 Å². The third-order valence-corrected chi connectivity index (χ3v) is 6.87. The zero-order valence-corrected chi connectivity index (χ0v) is 20.2. The highest BCUT2D eigenvalue weighted by Gasteiger charge is 2.34. The predicted octanol–water partition coefficient (Wildman–Crippen LogP) is 5.50. The molecule has 6 nitrogen and oxygen atoms in total. The summed E-state index contributed by atoms with van der Waals surface area (Å²) in [5, 5.41) is 9.87. The van der Waals surface area contributed by atoms with Gasteiger partial charge in [-0.25, -0.2) is 0 Å². The molecule has 164 valence electrons. The normalized spacial score (nSPS) is 18.4. The largest absolute Gasteiger partial charge is 0.460 e. The number of fused-ring (bicyclic) bond motifs is 3. The molecule has 0 fully saturated rings. The molecule has 7 heteroatoms. The number of rotatable bonds is 3. The van der Waals surface area contributed by atoms with Crippen LogP contribution in [0, 0.1) is 20.8 Å². The Kier molecular flexibility index (Phi) is 5.50. The number of thiophene rings is 1. The first kappa shape index (κ1) is 21.7. The molecule has 0 saturated heterocycles. The first-order valence-corrected chi connectivity index (χ1v) is 11.6. The summed E-state index contributed by atoms with van der Waals surface area (Å²) in [6.45, 7) is 14.0. The second-order valence-electron chi connectivity index (χ2n) is 9.39. The van der Waals surface area contributed by atoms with Crippen molar-refractivity contribution in [2.24, 2.45) is 4.99 Å². The van der Waals surface area contributed by atoms with Gasteiger partial charge in [-0.2, -0.15) is 0 Å². The topological polar surface area (TPSA) is 69.4 Å². The monoisotopic (exact) mass is 438 g/mol. The van der Waals surface area contributed by atoms with E-state index in [0.29, 0.717) is 5.82 Å². The molecular formula is C24H30N4O2S. The van der Waals surface area contributed by atoms with Crippen LogP contribution < -0.4 is 0 Å². The molecule has 3 heterocycles. The lowest BCUT2D eigenvalue weighted by Crippen LogP contribution is -2.25. The number of carbonyl (C=O) groups excluding carboxylic acids is 1. The summed E-state index contributed by atoms with van der Waals surface area (Å²) in [6.07, 6.45) is 6.44. The molecule has 1 aliphatic heterocycles. The van der Waals surface area contributed by atoms with E-state index in [0.717, 1.165) is 34.9 Å². The first-order valence-electron chi connectivity index (χ1n) is 10.7. The first-order chi connectivity index (χ1) is 14.5. The van der Waals surface area contributed by atoms with Crippen LogP contribution in [0.4, 0.5) is 0 Å². The van der Waals surface area contributed by atoms with Crippen molar-refractivity contribution in [1.82, 2.24) is 14.8 Å². The van der Waals surface area contributed by atoms with Crippen molar-refractivity contribution in [2.75, 3.05) is 0 Å². The van der Waals surface area contributed by atoms with Gasteiger partial charge in [-0.05, 0) is 72.4 Å². The van der Waals surface area contributed by atoms with Crippen molar-refractivity contribution in [3.8, 4) is 5.00 Å². The van der Waals surface area contributed by atoms with Crippen LogP contribution in [0.1, 0.15) is 80.7 Å². The number of hydrogen-bond donors (Lipinski definition) is 0. The van der Waals surface area contributed by atoms with E-state index >= 15 is 0 Å². The van der Waals surface area contributed by atoms with Gasteiger partial charge in [0.25, 0.3) is 0 Å². The molecule has 0 bridgehead atoms. The van der Waals surface area contributed by atoms with Crippen molar-refractivity contribution in [1.29, 1.82) is 0 Å². The van der Waals surface area contributed by atoms with Crippen LogP contribution in [0.3, 0.4) is 0 Å². The van der Waals surface area contributed by atoms with Gasteiger partial charge in [0.05, 0.1) is 12.1 Å². The van der Waals surface area contributed by atoms with Crippen molar-refractivity contribution in [3.05, 3.63) is 51.0 Å². The van der Waals surface area contributed by atoms with Crippen LogP contribution in [0.25, 0.3) is 5.00 Å². The molecule has 0 aromatic carbocycles. The van der Waals surface area contributed by atoms with Gasteiger partial charge in [0.2, 0.25) is 0 Å². The number of carbonyl (C=O) groups is 1. The van der Waals surface area contributed by atoms with Crippen molar-refractivity contribution in [3.63, 3.8) is 0 Å². The Morgan fingerprint density at radius 3 is 2.55 bits per heavy atom. The highest BCUT2D eigenvalue weighted by atomic mass is 32.1. The lowest BCUT2D eigenvalue weighted by atomic mass is 9.91. The van der Waals surface area contributed by atoms with Crippen LogP contribution >= 0.6 is 11.3 Å². The Balaban J connectivity index is 1.89. The fourth-order valence-corrected chi connectivity index (χ4v) is 5.24. The van der Waals surface area contributed by atoms with Crippen LogP contribution in [-0.2, 0) is 9.53 Å². The molecule has 31 heavy (non-hydrogen) atoms. The van der Waals surface area contributed by atoms with Gasteiger partial charge in [0, 0.05) is 10.4 Å². The third-order valence-electron chi connectivity index (χ3n) is 5.68. The maximum absolute atomic E-state index is 12.7. The summed E-state index contributed by atoms with van der Waals surface area (Å²) >= 11 is 1.73. The number of allylic oxidation sites excluding steroid dienone is 4. The number of hydrogen-bond acceptors (Lipinski definition) is 6. The number of aliphatic imine (C=N–C) groups is 1. The number of nitrogens with zero attached hydrogens (tertiary/aromatic N) is 4. The minimum absolute atomic E-state index is 0.133. The van der Waals surface area contributed by atoms with Crippen LogP contribution in [0.15, 0.2) is 28.3 Å². The molecule has 0 amide bonds. The van der Waals surface area contributed by atoms with Crippen LogP contribution in [-0.4, -0.2) is 32.0 Å². The molecule has 2 aromatic rings. The van der Waals surface area contributed by atoms with E-state index in [4.69, 9.17) is 9.73 Å². The molecule has 0 unspecified atom stereocenters. The van der Waals surface area contributed by atoms with E-state index in [1.807, 2.05) is 27.7 Å². The van der Waals surface area contributed by atoms with E-state index in [1.165, 1.54) is 21.6 Å². The standard InChI is InChI=1S/C24H30N4O2S/c1-13-8-10-17(11-9-13)21-20-14(2)15(3)31-23(20)28-16(4)26-27-22(28)18(25-21)12-19(29)30-24(5,6)7/h8,10,18H,9,11-12H2,1-7H3/t18-/m0/s1. The van der Waals surface area contributed by atoms with E-state index in [2.05, 4.69) is 47.7 Å². The third kappa shape index (κ3) is 4.15.